The molecular weight excluding hydrogens is 518 g/mol. The molecule has 4 heteroatoms. The summed E-state index contributed by atoms with van der Waals surface area (Å²) in [5.41, 5.74) is 4.09. The lowest BCUT2D eigenvalue weighted by atomic mass is 10.1. The summed E-state index contributed by atoms with van der Waals surface area (Å²) in [5, 5.41) is 0. The van der Waals surface area contributed by atoms with E-state index in [4.69, 9.17) is 9.47 Å². The molecule has 0 aliphatic carbocycles. The van der Waals surface area contributed by atoms with Gasteiger partial charge >= 0.3 is 0 Å². The molecule has 0 heterocycles. The Kier molecular flexibility index (Phi) is 15.7. The quantitative estimate of drug-likeness (QED) is 0.119. The van der Waals surface area contributed by atoms with Crippen LogP contribution >= 0.6 is 0 Å². The number of hydrogen-bond acceptors (Lipinski definition) is 3. The van der Waals surface area contributed by atoms with Crippen LogP contribution in [0.2, 0.25) is 0 Å². The van der Waals surface area contributed by atoms with Gasteiger partial charge in [0, 0.05) is 18.7 Å². The van der Waals surface area contributed by atoms with Crippen LogP contribution in [0.5, 0.6) is 11.5 Å². The van der Waals surface area contributed by atoms with E-state index in [2.05, 4.69) is 57.2 Å². The smallest absolute Gasteiger partial charge is 0.253 e. The van der Waals surface area contributed by atoms with Gasteiger partial charge in [0.25, 0.3) is 5.91 Å². The van der Waals surface area contributed by atoms with Crippen LogP contribution in [-0.2, 0) is 6.61 Å². The second-order valence-electron chi connectivity index (χ2n) is 11.4. The zero-order valence-corrected chi connectivity index (χ0v) is 26.4. The molecule has 1 amide bonds. The third-order valence-electron chi connectivity index (χ3n) is 7.69. The molecular formula is C38H53NO3. The fourth-order valence-electron chi connectivity index (χ4n) is 5.21. The van der Waals surface area contributed by atoms with Crippen LogP contribution in [0.15, 0.2) is 72.8 Å². The Hall–Kier alpha value is -3.27. The summed E-state index contributed by atoms with van der Waals surface area (Å²) < 4.78 is 12.0. The third-order valence-corrected chi connectivity index (χ3v) is 7.69. The second kappa shape index (κ2) is 19.8. The van der Waals surface area contributed by atoms with E-state index in [0.717, 1.165) is 72.7 Å². The summed E-state index contributed by atoms with van der Waals surface area (Å²) >= 11 is 0. The molecule has 4 nitrogen and oxygen atoms in total. The van der Waals surface area contributed by atoms with Crippen LogP contribution in [0, 0.1) is 0 Å². The standard InChI is InChI=1S/C38H53NO3/c1-4-7-8-9-10-11-12-13-14-15-30-41-36-24-20-33(21-25-36)34-22-26-37(27-23-34)42-31-32-16-18-35(19-17-32)38(40)39(28-5-2)29-6-3/h16-27H,4-15,28-31H2,1-3H3. The van der Waals surface area contributed by atoms with E-state index >= 15 is 0 Å². The highest BCUT2D eigenvalue weighted by molar-refractivity contribution is 5.94. The SMILES string of the molecule is CCCCCCCCCCCCOc1ccc(-c2ccc(OCc3ccc(C(=O)N(CCC)CCC)cc3)cc2)cc1. The number of benzene rings is 3. The second-order valence-corrected chi connectivity index (χ2v) is 11.4. The van der Waals surface area contributed by atoms with E-state index in [-0.39, 0.29) is 5.91 Å². The normalized spacial score (nSPS) is 10.9. The third kappa shape index (κ3) is 11.9. The first-order valence-electron chi connectivity index (χ1n) is 16.5. The van der Waals surface area contributed by atoms with Gasteiger partial charge in [0.2, 0.25) is 0 Å². The van der Waals surface area contributed by atoms with Gasteiger partial charge in [0.15, 0.2) is 0 Å². The Bertz CT molecular complexity index is 1120. The van der Waals surface area contributed by atoms with Crippen molar-refractivity contribution in [2.75, 3.05) is 19.7 Å². The minimum absolute atomic E-state index is 0.107. The molecule has 0 aliphatic rings. The van der Waals surface area contributed by atoms with Crippen LogP contribution in [-0.4, -0.2) is 30.5 Å². The number of nitrogens with zero attached hydrogens (tertiary/aromatic N) is 1. The van der Waals surface area contributed by atoms with Crippen molar-refractivity contribution >= 4 is 5.91 Å². The first kappa shape index (κ1) is 33.2. The first-order valence-corrected chi connectivity index (χ1v) is 16.5. The molecule has 0 atom stereocenters. The highest BCUT2D eigenvalue weighted by atomic mass is 16.5. The lowest BCUT2D eigenvalue weighted by molar-refractivity contribution is 0.0755. The van der Waals surface area contributed by atoms with E-state index in [0.29, 0.717) is 6.61 Å². The number of amides is 1. The summed E-state index contributed by atoms with van der Waals surface area (Å²) in [6, 6.07) is 24.4. The Balaban J connectivity index is 1.36. The van der Waals surface area contributed by atoms with Gasteiger partial charge in [-0.25, -0.2) is 0 Å². The molecule has 42 heavy (non-hydrogen) atoms. The number of carbonyl (C=O) groups excluding carboxylic acids is 1. The maximum absolute atomic E-state index is 12.8. The minimum atomic E-state index is 0.107. The zero-order valence-electron chi connectivity index (χ0n) is 26.4. The summed E-state index contributed by atoms with van der Waals surface area (Å²) in [7, 11) is 0. The largest absolute Gasteiger partial charge is 0.494 e. The maximum atomic E-state index is 12.8. The zero-order chi connectivity index (χ0) is 29.8. The summed E-state index contributed by atoms with van der Waals surface area (Å²) in [5.74, 6) is 1.87. The summed E-state index contributed by atoms with van der Waals surface area (Å²) in [4.78, 5) is 14.7. The van der Waals surface area contributed by atoms with Crippen molar-refractivity contribution < 1.29 is 14.3 Å². The lowest BCUT2D eigenvalue weighted by Crippen LogP contribution is -2.32. The Labute approximate surface area is 255 Å². The van der Waals surface area contributed by atoms with Crippen molar-refractivity contribution in [1.82, 2.24) is 4.90 Å². The van der Waals surface area contributed by atoms with Crippen molar-refractivity contribution in [3.8, 4) is 22.6 Å². The maximum Gasteiger partial charge on any atom is 0.253 e. The number of hydrogen-bond donors (Lipinski definition) is 0. The molecule has 0 radical (unpaired) electrons. The molecule has 0 saturated carbocycles. The van der Waals surface area contributed by atoms with Gasteiger partial charge in [-0.05, 0) is 72.4 Å². The molecule has 3 aromatic carbocycles. The Morgan fingerprint density at radius 2 is 1.02 bits per heavy atom. The molecule has 3 aromatic rings. The average Bonchev–Trinajstić information content (AvgIpc) is 3.03. The molecule has 3 rings (SSSR count). The molecule has 0 unspecified atom stereocenters. The average molecular weight is 572 g/mol. The molecule has 0 saturated heterocycles. The first-order chi connectivity index (χ1) is 20.6. The molecule has 0 aromatic heterocycles. The van der Waals surface area contributed by atoms with E-state index in [1.54, 1.807) is 0 Å². The molecule has 0 spiro atoms. The predicted molar refractivity (Wildman–Crippen MR) is 176 cm³/mol. The highest BCUT2D eigenvalue weighted by Gasteiger charge is 2.14. The van der Waals surface area contributed by atoms with Crippen molar-refractivity contribution in [3.05, 3.63) is 83.9 Å². The number of unbranched alkanes of at least 4 members (excludes halogenated alkanes) is 9. The van der Waals surface area contributed by atoms with Gasteiger partial charge < -0.3 is 14.4 Å². The topological polar surface area (TPSA) is 38.8 Å². The van der Waals surface area contributed by atoms with Gasteiger partial charge in [-0.2, -0.15) is 0 Å². The number of carbonyl (C=O) groups is 1. The molecule has 0 fully saturated rings. The van der Waals surface area contributed by atoms with E-state index in [1.807, 2.05) is 41.3 Å². The predicted octanol–water partition coefficient (Wildman–Crippen LogP) is 10.5. The summed E-state index contributed by atoms with van der Waals surface area (Å²) in [6.45, 7) is 9.33. The van der Waals surface area contributed by atoms with Gasteiger partial charge in [-0.15, -0.1) is 0 Å². The van der Waals surface area contributed by atoms with Gasteiger partial charge in [0.1, 0.15) is 18.1 Å². The summed E-state index contributed by atoms with van der Waals surface area (Å²) in [6.07, 6.45) is 15.3. The monoisotopic (exact) mass is 571 g/mol. The van der Waals surface area contributed by atoms with Crippen LogP contribution in [0.3, 0.4) is 0 Å². The van der Waals surface area contributed by atoms with Crippen LogP contribution < -0.4 is 9.47 Å². The van der Waals surface area contributed by atoms with Crippen LogP contribution in [0.25, 0.3) is 11.1 Å². The fourth-order valence-corrected chi connectivity index (χ4v) is 5.21. The fraction of sp³-hybridized carbons (Fsp3) is 0.500. The van der Waals surface area contributed by atoms with Crippen molar-refractivity contribution in [2.24, 2.45) is 0 Å². The molecule has 228 valence electrons. The van der Waals surface area contributed by atoms with Crippen molar-refractivity contribution in [3.63, 3.8) is 0 Å². The number of rotatable bonds is 21. The van der Waals surface area contributed by atoms with E-state index in [9.17, 15) is 4.79 Å². The Morgan fingerprint density at radius 3 is 1.52 bits per heavy atom. The molecule has 0 aliphatic heterocycles. The van der Waals surface area contributed by atoms with Gasteiger partial charge in [0.05, 0.1) is 6.61 Å². The van der Waals surface area contributed by atoms with Gasteiger partial charge in [-0.3, -0.25) is 4.79 Å². The lowest BCUT2D eigenvalue weighted by Gasteiger charge is -2.21. The van der Waals surface area contributed by atoms with Gasteiger partial charge in [-0.1, -0.05) is 115 Å². The van der Waals surface area contributed by atoms with Crippen LogP contribution in [0.4, 0.5) is 0 Å². The highest BCUT2D eigenvalue weighted by Crippen LogP contribution is 2.25. The molecule has 0 N–H and O–H groups in total. The van der Waals surface area contributed by atoms with Crippen molar-refractivity contribution in [2.45, 2.75) is 104 Å². The minimum Gasteiger partial charge on any atom is -0.494 e. The number of ether oxygens (including phenoxy) is 2. The molecule has 0 bridgehead atoms. The van der Waals surface area contributed by atoms with Crippen LogP contribution in [0.1, 0.15) is 114 Å². The van der Waals surface area contributed by atoms with E-state index in [1.165, 1.54) is 57.8 Å². The van der Waals surface area contributed by atoms with E-state index < -0.39 is 0 Å². The van der Waals surface area contributed by atoms with Crippen molar-refractivity contribution in [1.29, 1.82) is 0 Å². The Morgan fingerprint density at radius 1 is 0.548 bits per heavy atom.